The number of carboxylic acids is 1. The first-order chi connectivity index (χ1) is 20.6. The first-order valence-electron chi connectivity index (χ1n) is 14.5. The van der Waals surface area contributed by atoms with Gasteiger partial charge in [0.05, 0.1) is 29.4 Å². The molecule has 2 unspecified atom stereocenters. The molecule has 1 spiro atoms. The van der Waals surface area contributed by atoms with Gasteiger partial charge in [-0.05, 0) is 80.1 Å². The molecule has 43 heavy (non-hydrogen) atoms. The Morgan fingerprint density at radius 1 is 1.07 bits per heavy atom. The van der Waals surface area contributed by atoms with E-state index in [0.717, 1.165) is 0 Å². The number of halogens is 2. The SMILES string of the molecule is Cc1ccc2c(c1F)[C@@]1(CCCN(C(=O)C3CCCCC(C(=O)O)Nc4ccc(F)cc4-c4ccnc3c4)C1)OC(=O)N2. The molecule has 4 heterocycles. The number of piperidine rings is 1. The molecule has 0 saturated carbocycles. The third-order valence-corrected chi connectivity index (χ3v) is 8.67. The van der Waals surface area contributed by atoms with Gasteiger partial charge in [0.15, 0.2) is 5.60 Å². The average molecular weight is 591 g/mol. The number of aliphatic carboxylic acids is 1. The number of nitrogens with one attached hydrogen (secondary N) is 2. The van der Waals surface area contributed by atoms with Gasteiger partial charge < -0.3 is 20.1 Å². The van der Waals surface area contributed by atoms with Crippen molar-refractivity contribution in [2.24, 2.45) is 0 Å². The van der Waals surface area contributed by atoms with E-state index >= 15 is 4.39 Å². The van der Waals surface area contributed by atoms with Crippen molar-refractivity contribution in [1.82, 2.24) is 9.88 Å². The van der Waals surface area contributed by atoms with Crippen molar-refractivity contribution in [3.05, 3.63) is 77.1 Å². The number of rotatable bonds is 2. The fraction of sp³-hybridized carbons (Fsp3) is 0.375. The number of aryl methyl sites for hydroxylation is 1. The number of anilines is 2. The van der Waals surface area contributed by atoms with Crippen LogP contribution in [-0.4, -0.2) is 52.1 Å². The highest BCUT2D eigenvalue weighted by molar-refractivity contribution is 5.90. The lowest BCUT2D eigenvalue weighted by Crippen LogP contribution is -2.54. The predicted octanol–water partition coefficient (Wildman–Crippen LogP) is 5.94. The first kappa shape index (κ1) is 28.6. The molecule has 0 radical (unpaired) electrons. The number of nitrogens with zero attached hydrogens (tertiary/aromatic N) is 2. The molecule has 3 aliphatic rings. The number of aromatic nitrogens is 1. The highest BCUT2D eigenvalue weighted by atomic mass is 19.1. The summed E-state index contributed by atoms with van der Waals surface area (Å²) in [7, 11) is 0. The van der Waals surface area contributed by atoms with Gasteiger partial charge in [0.25, 0.3) is 0 Å². The molecule has 9 nitrogen and oxygen atoms in total. The fourth-order valence-electron chi connectivity index (χ4n) is 6.54. The molecule has 3 aliphatic heterocycles. The summed E-state index contributed by atoms with van der Waals surface area (Å²) >= 11 is 0. The Morgan fingerprint density at radius 2 is 1.86 bits per heavy atom. The minimum Gasteiger partial charge on any atom is -0.480 e. The van der Waals surface area contributed by atoms with E-state index in [1.54, 1.807) is 42.3 Å². The molecule has 3 N–H and O–H groups in total. The Bertz CT molecular complexity index is 1610. The molecular weight excluding hydrogens is 558 g/mol. The third-order valence-electron chi connectivity index (χ3n) is 8.67. The van der Waals surface area contributed by atoms with Crippen LogP contribution in [0.4, 0.5) is 25.0 Å². The van der Waals surface area contributed by atoms with Crippen LogP contribution in [0.2, 0.25) is 0 Å². The monoisotopic (exact) mass is 590 g/mol. The van der Waals surface area contributed by atoms with E-state index in [9.17, 15) is 23.9 Å². The Morgan fingerprint density at radius 3 is 2.67 bits per heavy atom. The van der Waals surface area contributed by atoms with Gasteiger partial charge >= 0.3 is 12.1 Å². The van der Waals surface area contributed by atoms with Gasteiger partial charge in [0.1, 0.15) is 17.7 Å². The molecule has 3 aromatic rings. The zero-order valence-electron chi connectivity index (χ0n) is 23.7. The quantitative estimate of drug-likeness (QED) is 0.338. The number of carboxylic acid groups (broad SMARTS) is 1. The standard InChI is InChI=1S/C32H32F2N4O5/c1-18-7-9-24-27(28(18)34)32(43-31(42)37-24)12-4-14-38(17-32)29(39)21-5-2-3-6-25(30(40)41)36-23-10-8-20(33)16-22(23)19-11-13-35-26(21)15-19/h7-11,13,15-16,21,25,36H,2-6,12,14,17H2,1H3,(H,37,42)(H,40,41)/t21?,25?,32-/m0/s1. The lowest BCUT2D eigenvalue weighted by molar-refractivity contribution is -0.141. The van der Waals surface area contributed by atoms with E-state index in [2.05, 4.69) is 15.6 Å². The normalized spacial score (nSPS) is 23.4. The van der Waals surface area contributed by atoms with Crippen molar-refractivity contribution in [3.63, 3.8) is 0 Å². The lowest BCUT2D eigenvalue weighted by Gasteiger charge is -2.45. The van der Waals surface area contributed by atoms with Gasteiger partial charge in [0, 0.05) is 24.0 Å². The lowest BCUT2D eigenvalue weighted by atomic mass is 9.81. The number of carbonyl (C=O) groups is 3. The second-order valence-electron chi connectivity index (χ2n) is 11.5. The summed E-state index contributed by atoms with van der Waals surface area (Å²) in [4.78, 5) is 45.0. The van der Waals surface area contributed by atoms with Crippen LogP contribution < -0.4 is 10.6 Å². The summed E-state index contributed by atoms with van der Waals surface area (Å²) in [5, 5.41) is 15.5. The van der Waals surface area contributed by atoms with Gasteiger partial charge in [0.2, 0.25) is 5.91 Å². The molecule has 2 aromatic carbocycles. The zero-order chi connectivity index (χ0) is 30.3. The molecular formula is C32H32F2N4O5. The molecule has 2 amide bonds. The van der Waals surface area contributed by atoms with Crippen LogP contribution >= 0.6 is 0 Å². The number of pyridine rings is 1. The van der Waals surface area contributed by atoms with Crippen molar-refractivity contribution < 1.29 is 33.0 Å². The number of amides is 2. The Labute approximate surface area is 247 Å². The highest BCUT2D eigenvalue weighted by Crippen LogP contribution is 2.45. The Balaban J connectivity index is 1.37. The largest absolute Gasteiger partial charge is 0.480 e. The average Bonchev–Trinajstić information content (AvgIpc) is 2.98. The number of likely N-dealkylation sites (tertiary alicyclic amines) is 1. The molecule has 6 rings (SSSR count). The van der Waals surface area contributed by atoms with E-state index in [-0.39, 0.29) is 18.0 Å². The van der Waals surface area contributed by atoms with Crippen LogP contribution in [0, 0.1) is 18.6 Å². The number of hydrogen-bond donors (Lipinski definition) is 3. The number of hydrogen-bond acceptors (Lipinski definition) is 6. The van der Waals surface area contributed by atoms with Crippen molar-refractivity contribution in [1.29, 1.82) is 0 Å². The molecule has 1 fully saturated rings. The Kier molecular flexibility index (Phi) is 7.49. The number of ether oxygens (including phenoxy) is 1. The number of carbonyl (C=O) groups excluding carboxylic acids is 2. The summed E-state index contributed by atoms with van der Waals surface area (Å²) in [6.45, 7) is 2.02. The minimum atomic E-state index is -1.33. The van der Waals surface area contributed by atoms with Gasteiger partial charge in [-0.3, -0.25) is 15.1 Å². The smallest absolute Gasteiger partial charge is 0.412 e. The summed E-state index contributed by atoms with van der Waals surface area (Å²) in [5.74, 6) is -2.91. The predicted molar refractivity (Wildman–Crippen MR) is 155 cm³/mol. The Hall–Kier alpha value is -4.54. The van der Waals surface area contributed by atoms with Crippen LogP contribution in [0.5, 0.6) is 0 Å². The van der Waals surface area contributed by atoms with Gasteiger partial charge in [-0.25, -0.2) is 18.4 Å². The van der Waals surface area contributed by atoms with Gasteiger partial charge in [-0.2, -0.15) is 0 Å². The summed E-state index contributed by atoms with van der Waals surface area (Å²) in [6, 6.07) is 9.90. The summed E-state index contributed by atoms with van der Waals surface area (Å²) in [6.07, 6.45) is 3.49. The number of benzene rings is 2. The van der Waals surface area contributed by atoms with Crippen LogP contribution in [0.1, 0.15) is 61.3 Å². The molecule has 11 heteroatoms. The second kappa shape index (κ2) is 11.3. The van der Waals surface area contributed by atoms with Crippen molar-refractivity contribution in [3.8, 4) is 11.1 Å². The van der Waals surface area contributed by atoms with E-state index < -0.39 is 41.3 Å². The van der Waals surface area contributed by atoms with Gasteiger partial charge in [-0.15, -0.1) is 0 Å². The van der Waals surface area contributed by atoms with E-state index in [1.807, 2.05) is 0 Å². The highest BCUT2D eigenvalue weighted by Gasteiger charge is 2.49. The van der Waals surface area contributed by atoms with Crippen molar-refractivity contribution in [2.45, 2.75) is 63.0 Å². The molecule has 3 atom stereocenters. The molecule has 0 aliphatic carbocycles. The maximum atomic E-state index is 15.5. The maximum Gasteiger partial charge on any atom is 0.412 e. The molecule has 2 bridgehead atoms. The summed E-state index contributed by atoms with van der Waals surface area (Å²) < 4.78 is 35.7. The summed E-state index contributed by atoms with van der Waals surface area (Å²) in [5.41, 5.74) is 1.67. The zero-order valence-corrected chi connectivity index (χ0v) is 23.7. The van der Waals surface area contributed by atoms with E-state index in [4.69, 9.17) is 4.74 Å². The van der Waals surface area contributed by atoms with Crippen LogP contribution in [0.15, 0.2) is 48.7 Å². The first-order valence-corrected chi connectivity index (χ1v) is 14.5. The van der Waals surface area contributed by atoms with Crippen LogP contribution in [0.25, 0.3) is 11.1 Å². The molecule has 224 valence electrons. The molecule has 1 aromatic heterocycles. The topological polar surface area (TPSA) is 121 Å². The third kappa shape index (κ3) is 5.39. The van der Waals surface area contributed by atoms with E-state index in [0.29, 0.717) is 78.8 Å². The van der Waals surface area contributed by atoms with Crippen molar-refractivity contribution in [2.75, 3.05) is 23.7 Å². The fourth-order valence-corrected chi connectivity index (χ4v) is 6.54. The van der Waals surface area contributed by atoms with Crippen LogP contribution in [0.3, 0.4) is 0 Å². The van der Waals surface area contributed by atoms with Crippen molar-refractivity contribution >= 4 is 29.3 Å². The van der Waals surface area contributed by atoms with Gasteiger partial charge in [-0.1, -0.05) is 18.9 Å². The molecule has 1 saturated heterocycles. The minimum absolute atomic E-state index is 0.0120. The van der Waals surface area contributed by atoms with E-state index in [1.165, 1.54) is 18.2 Å². The number of fused-ring (bicyclic) bond motifs is 6. The maximum absolute atomic E-state index is 15.5. The second-order valence-corrected chi connectivity index (χ2v) is 11.5. The van der Waals surface area contributed by atoms with Crippen LogP contribution in [-0.2, 0) is 19.9 Å².